The summed E-state index contributed by atoms with van der Waals surface area (Å²) in [4.78, 5) is 2.54. The molecular formula is C11H22BrNO. The van der Waals surface area contributed by atoms with Crippen LogP contribution in [0.15, 0.2) is 0 Å². The third-order valence-electron chi connectivity index (χ3n) is 2.99. The average Bonchev–Trinajstić information content (AvgIpc) is 2.46. The van der Waals surface area contributed by atoms with E-state index >= 15 is 0 Å². The maximum absolute atomic E-state index is 5.57. The minimum Gasteiger partial charge on any atom is -0.377 e. The number of hydrogen-bond donors (Lipinski definition) is 0. The van der Waals surface area contributed by atoms with Crippen molar-refractivity contribution in [1.82, 2.24) is 4.90 Å². The molecule has 0 spiro atoms. The van der Waals surface area contributed by atoms with Gasteiger partial charge < -0.3 is 4.74 Å². The van der Waals surface area contributed by atoms with Crippen molar-refractivity contribution < 1.29 is 4.74 Å². The van der Waals surface area contributed by atoms with E-state index in [0.29, 0.717) is 12.1 Å². The quantitative estimate of drug-likeness (QED) is 0.707. The van der Waals surface area contributed by atoms with E-state index in [1.54, 1.807) is 0 Å². The minimum atomic E-state index is 0.359. The molecule has 1 heterocycles. The van der Waals surface area contributed by atoms with Gasteiger partial charge in [-0.25, -0.2) is 0 Å². The van der Waals surface area contributed by atoms with Crippen LogP contribution < -0.4 is 0 Å². The maximum Gasteiger partial charge on any atom is 0.0597 e. The number of ether oxygens (including phenoxy) is 1. The van der Waals surface area contributed by atoms with Gasteiger partial charge in [0, 0.05) is 17.9 Å². The summed E-state index contributed by atoms with van der Waals surface area (Å²) in [6, 6.07) is 0.714. The molecule has 1 aliphatic rings. The summed E-state index contributed by atoms with van der Waals surface area (Å²) < 4.78 is 5.57. The zero-order chi connectivity index (χ0) is 10.6. The second-order valence-corrected chi connectivity index (χ2v) is 5.09. The van der Waals surface area contributed by atoms with Crippen LogP contribution in [-0.4, -0.2) is 42.1 Å². The van der Waals surface area contributed by atoms with Crippen LogP contribution in [0, 0.1) is 5.92 Å². The van der Waals surface area contributed by atoms with Gasteiger partial charge in [-0.05, 0) is 32.7 Å². The van der Waals surface area contributed by atoms with E-state index in [1.165, 1.54) is 13.0 Å². The molecule has 0 aliphatic carbocycles. The van der Waals surface area contributed by atoms with E-state index in [4.69, 9.17) is 4.74 Å². The third-order valence-corrected chi connectivity index (χ3v) is 3.65. The van der Waals surface area contributed by atoms with Gasteiger partial charge in [0.15, 0.2) is 0 Å². The van der Waals surface area contributed by atoms with E-state index in [0.717, 1.165) is 24.4 Å². The third kappa shape index (κ3) is 3.52. The van der Waals surface area contributed by atoms with E-state index in [1.807, 2.05) is 0 Å². The average molecular weight is 264 g/mol. The van der Waals surface area contributed by atoms with Crippen LogP contribution in [0.3, 0.4) is 0 Å². The van der Waals surface area contributed by atoms with Gasteiger partial charge >= 0.3 is 0 Å². The standard InChI is InChI=1S/C11H22BrNO/c1-9(2)14-7-6-13-5-4-10(3)11(13)8-12/h9-11H,4-8H2,1-3H3. The first kappa shape index (κ1) is 12.5. The van der Waals surface area contributed by atoms with Crippen molar-refractivity contribution in [3.63, 3.8) is 0 Å². The monoisotopic (exact) mass is 263 g/mol. The lowest BCUT2D eigenvalue weighted by Crippen LogP contribution is -2.36. The Morgan fingerprint density at radius 3 is 2.79 bits per heavy atom. The lowest BCUT2D eigenvalue weighted by molar-refractivity contribution is 0.0567. The van der Waals surface area contributed by atoms with Crippen molar-refractivity contribution >= 4 is 15.9 Å². The summed E-state index contributed by atoms with van der Waals surface area (Å²) in [6.45, 7) is 9.71. The number of likely N-dealkylation sites (tertiary alicyclic amines) is 1. The second kappa shape index (κ2) is 6.09. The maximum atomic E-state index is 5.57. The van der Waals surface area contributed by atoms with E-state index in [9.17, 15) is 0 Å². The van der Waals surface area contributed by atoms with Crippen LogP contribution in [0.25, 0.3) is 0 Å². The Kier molecular flexibility index (Phi) is 5.42. The molecule has 84 valence electrons. The first-order valence-electron chi connectivity index (χ1n) is 5.56. The molecule has 0 radical (unpaired) electrons. The Hall–Kier alpha value is 0.400. The summed E-state index contributed by atoms with van der Waals surface area (Å²) in [5.41, 5.74) is 0. The molecule has 1 fully saturated rings. The van der Waals surface area contributed by atoms with E-state index < -0.39 is 0 Å². The molecule has 0 aromatic carbocycles. The lowest BCUT2D eigenvalue weighted by Gasteiger charge is -2.25. The molecule has 0 aromatic heterocycles. The number of rotatable bonds is 5. The highest BCUT2D eigenvalue weighted by molar-refractivity contribution is 9.09. The number of halogens is 1. The number of alkyl halides is 1. The van der Waals surface area contributed by atoms with Crippen LogP contribution in [0.5, 0.6) is 0 Å². The Labute approximate surface area is 96.1 Å². The highest BCUT2D eigenvalue weighted by atomic mass is 79.9. The van der Waals surface area contributed by atoms with Crippen LogP contribution in [0.4, 0.5) is 0 Å². The van der Waals surface area contributed by atoms with Crippen LogP contribution >= 0.6 is 15.9 Å². The van der Waals surface area contributed by atoms with Gasteiger partial charge in [-0.15, -0.1) is 0 Å². The SMILES string of the molecule is CC(C)OCCN1CCC(C)C1CBr. The molecule has 1 saturated heterocycles. The number of hydrogen-bond acceptors (Lipinski definition) is 2. The van der Waals surface area contributed by atoms with Gasteiger partial charge in [-0.3, -0.25) is 4.90 Å². The van der Waals surface area contributed by atoms with Gasteiger partial charge in [0.2, 0.25) is 0 Å². The van der Waals surface area contributed by atoms with Crippen molar-refractivity contribution in [1.29, 1.82) is 0 Å². The molecule has 1 rings (SSSR count). The first-order valence-corrected chi connectivity index (χ1v) is 6.69. The van der Waals surface area contributed by atoms with Crippen molar-refractivity contribution in [3.05, 3.63) is 0 Å². The normalized spacial score (nSPS) is 28.9. The van der Waals surface area contributed by atoms with Gasteiger partial charge in [-0.1, -0.05) is 22.9 Å². The van der Waals surface area contributed by atoms with Crippen LogP contribution in [0.1, 0.15) is 27.2 Å². The molecule has 0 N–H and O–H groups in total. The van der Waals surface area contributed by atoms with E-state index in [-0.39, 0.29) is 0 Å². The zero-order valence-electron chi connectivity index (χ0n) is 9.50. The zero-order valence-corrected chi connectivity index (χ0v) is 11.1. The molecule has 2 nitrogen and oxygen atoms in total. The van der Waals surface area contributed by atoms with Crippen molar-refractivity contribution in [3.8, 4) is 0 Å². The van der Waals surface area contributed by atoms with Gasteiger partial charge in [-0.2, -0.15) is 0 Å². The molecule has 2 atom stereocenters. The summed E-state index contributed by atoms with van der Waals surface area (Å²) >= 11 is 3.60. The molecule has 2 unspecified atom stereocenters. The van der Waals surface area contributed by atoms with Crippen molar-refractivity contribution in [2.45, 2.75) is 39.3 Å². The summed E-state index contributed by atoms with van der Waals surface area (Å²) in [6.07, 6.45) is 1.69. The fourth-order valence-electron chi connectivity index (χ4n) is 2.02. The first-order chi connectivity index (χ1) is 6.65. The van der Waals surface area contributed by atoms with Crippen molar-refractivity contribution in [2.75, 3.05) is 25.0 Å². The summed E-state index contributed by atoms with van der Waals surface area (Å²) in [5, 5.41) is 1.09. The molecule has 0 aromatic rings. The highest BCUT2D eigenvalue weighted by Gasteiger charge is 2.29. The summed E-state index contributed by atoms with van der Waals surface area (Å²) in [7, 11) is 0. The largest absolute Gasteiger partial charge is 0.377 e. The fraction of sp³-hybridized carbons (Fsp3) is 1.00. The summed E-state index contributed by atoms with van der Waals surface area (Å²) in [5.74, 6) is 0.827. The molecule has 0 saturated carbocycles. The minimum absolute atomic E-state index is 0.359. The van der Waals surface area contributed by atoms with Gasteiger partial charge in [0.05, 0.1) is 12.7 Å². The van der Waals surface area contributed by atoms with Gasteiger partial charge in [0.1, 0.15) is 0 Å². The van der Waals surface area contributed by atoms with E-state index in [2.05, 4.69) is 41.6 Å². The lowest BCUT2D eigenvalue weighted by atomic mass is 10.1. The smallest absolute Gasteiger partial charge is 0.0597 e. The Morgan fingerprint density at radius 2 is 2.21 bits per heavy atom. The molecule has 0 amide bonds. The topological polar surface area (TPSA) is 12.5 Å². The van der Waals surface area contributed by atoms with Gasteiger partial charge in [0.25, 0.3) is 0 Å². The predicted molar refractivity (Wildman–Crippen MR) is 64.0 cm³/mol. The Morgan fingerprint density at radius 1 is 1.50 bits per heavy atom. The highest BCUT2D eigenvalue weighted by Crippen LogP contribution is 2.24. The second-order valence-electron chi connectivity index (χ2n) is 4.44. The van der Waals surface area contributed by atoms with Crippen LogP contribution in [-0.2, 0) is 4.74 Å². The molecule has 3 heteroatoms. The Bertz CT molecular complexity index is 163. The number of nitrogens with zero attached hydrogens (tertiary/aromatic N) is 1. The predicted octanol–water partition coefficient (Wildman–Crippen LogP) is 2.52. The van der Waals surface area contributed by atoms with Crippen molar-refractivity contribution in [2.24, 2.45) is 5.92 Å². The fourth-order valence-corrected chi connectivity index (χ4v) is 3.07. The Balaban J connectivity index is 2.23. The van der Waals surface area contributed by atoms with Crippen LogP contribution in [0.2, 0.25) is 0 Å². The molecule has 0 bridgehead atoms. The molecule has 14 heavy (non-hydrogen) atoms. The molecule has 1 aliphatic heterocycles. The molecular weight excluding hydrogens is 242 g/mol.